The van der Waals surface area contributed by atoms with Crippen molar-refractivity contribution in [2.24, 2.45) is 0 Å². The van der Waals surface area contributed by atoms with Crippen molar-refractivity contribution >= 4 is 39.1 Å². The third-order valence-electron chi connectivity index (χ3n) is 4.67. The molecule has 0 spiro atoms. The third kappa shape index (κ3) is 4.11. The van der Waals surface area contributed by atoms with Crippen molar-refractivity contribution < 1.29 is 13.2 Å². The van der Waals surface area contributed by atoms with E-state index in [1.165, 1.54) is 16.4 Å². The van der Waals surface area contributed by atoms with Gasteiger partial charge in [-0.25, -0.2) is 8.42 Å². The van der Waals surface area contributed by atoms with Gasteiger partial charge in [0.05, 0.1) is 16.6 Å². The molecule has 2 aliphatic rings. The van der Waals surface area contributed by atoms with E-state index >= 15 is 0 Å². The van der Waals surface area contributed by atoms with Crippen molar-refractivity contribution in [3.05, 3.63) is 28.2 Å². The molecular formula is C16H21Cl2N3O3S. The van der Waals surface area contributed by atoms with Gasteiger partial charge in [-0.15, -0.1) is 0 Å². The molecule has 1 aromatic rings. The van der Waals surface area contributed by atoms with Gasteiger partial charge in [0.1, 0.15) is 4.90 Å². The van der Waals surface area contributed by atoms with Gasteiger partial charge in [0.25, 0.3) is 0 Å². The predicted octanol–water partition coefficient (Wildman–Crippen LogP) is 1.92. The van der Waals surface area contributed by atoms with E-state index in [1.54, 1.807) is 11.0 Å². The van der Waals surface area contributed by atoms with E-state index in [-0.39, 0.29) is 33.9 Å². The Bertz CT molecular complexity index is 723. The maximum Gasteiger partial charge on any atom is 0.246 e. The summed E-state index contributed by atoms with van der Waals surface area (Å²) in [6.07, 6.45) is 2.27. The number of sulfonamides is 1. The fraction of sp³-hybridized carbons (Fsp3) is 0.562. The van der Waals surface area contributed by atoms with E-state index in [0.717, 1.165) is 25.9 Å². The average molecular weight is 406 g/mol. The first kappa shape index (κ1) is 18.9. The van der Waals surface area contributed by atoms with Crippen molar-refractivity contribution in [3.8, 4) is 0 Å². The number of halogens is 2. The summed E-state index contributed by atoms with van der Waals surface area (Å²) in [5, 5.41) is 0.222. The Hall–Kier alpha value is -0.860. The van der Waals surface area contributed by atoms with Gasteiger partial charge < -0.3 is 4.90 Å². The van der Waals surface area contributed by atoms with Crippen LogP contribution in [0.15, 0.2) is 23.1 Å². The molecule has 1 amide bonds. The Kier molecular flexibility index (Phi) is 5.90. The summed E-state index contributed by atoms with van der Waals surface area (Å²) in [4.78, 5) is 16.2. The molecule has 2 heterocycles. The maximum absolute atomic E-state index is 12.8. The first-order chi connectivity index (χ1) is 11.9. The number of benzene rings is 1. The second kappa shape index (κ2) is 7.80. The lowest BCUT2D eigenvalue weighted by atomic mass is 10.3. The van der Waals surface area contributed by atoms with Crippen LogP contribution < -0.4 is 0 Å². The molecule has 0 unspecified atom stereocenters. The Labute approximate surface area is 158 Å². The van der Waals surface area contributed by atoms with Crippen LogP contribution in [0.2, 0.25) is 10.0 Å². The van der Waals surface area contributed by atoms with E-state index in [1.807, 2.05) is 0 Å². The van der Waals surface area contributed by atoms with Crippen LogP contribution in [0.5, 0.6) is 0 Å². The molecule has 0 aromatic heterocycles. The van der Waals surface area contributed by atoms with Crippen LogP contribution in [0.4, 0.5) is 0 Å². The van der Waals surface area contributed by atoms with Crippen molar-refractivity contribution in [2.75, 3.05) is 45.8 Å². The molecule has 0 aliphatic carbocycles. The minimum absolute atomic E-state index is 0.0600. The Morgan fingerprint density at radius 2 is 1.52 bits per heavy atom. The van der Waals surface area contributed by atoms with E-state index in [9.17, 15) is 13.2 Å². The monoisotopic (exact) mass is 405 g/mol. The number of likely N-dealkylation sites (tertiary alicyclic amines) is 1. The number of nitrogens with zero attached hydrogens (tertiary/aromatic N) is 3. The summed E-state index contributed by atoms with van der Waals surface area (Å²) in [6.45, 7) is 3.60. The zero-order valence-corrected chi connectivity index (χ0v) is 16.2. The normalized spacial score (nSPS) is 20.2. The minimum Gasteiger partial charge on any atom is -0.339 e. The summed E-state index contributed by atoms with van der Waals surface area (Å²) < 4.78 is 27.0. The maximum atomic E-state index is 12.8. The third-order valence-corrected chi connectivity index (χ3v) is 7.52. The SMILES string of the molecule is O=C(CN1CCCC1)N1CCN(S(=O)(=O)c2c(Cl)cccc2Cl)CC1. The van der Waals surface area contributed by atoms with Crippen LogP contribution in [0.1, 0.15) is 12.8 Å². The van der Waals surface area contributed by atoms with Crippen molar-refractivity contribution in [1.29, 1.82) is 0 Å². The van der Waals surface area contributed by atoms with Crippen LogP contribution in [0.3, 0.4) is 0 Å². The van der Waals surface area contributed by atoms with Crippen LogP contribution in [-0.2, 0) is 14.8 Å². The molecule has 3 rings (SSSR count). The van der Waals surface area contributed by atoms with E-state index in [2.05, 4.69) is 4.90 Å². The van der Waals surface area contributed by atoms with Gasteiger partial charge in [-0.1, -0.05) is 29.3 Å². The van der Waals surface area contributed by atoms with Crippen molar-refractivity contribution in [1.82, 2.24) is 14.1 Å². The van der Waals surface area contributed by atoms with Gasteiger partial charge in [-0.05, 0) is 38.1 Å². The smallest absolute Gasteiger partial charge is 0.246 e. The fourth-order valence-corrected chi connectivity index (χ4v) is 5.78. The summed E-state index contributed by atoms with van der Waals surface area (Å²) >= 11 is 12.1. The standard InChI is InChI=1S/C16H21Cl2N3O3S/c17-13-4-3-5-14(18)16(13)25(23,24)21-10-8-20(9-11-21)15(22)12-19-6-1-2-7-19/h3-5H,1-2,6-12H2. The first-order valence-corrected chi connectivity index (χ1v) is 10.5. The van der Waals surface area contributed by atoms with Gasteiger partial charge in [-0.2, -0.15) is 4.31 Å². The highest BCUT2D eigenvalue weighted by Crippen LogP contribution is 2.31. The molecule has 2 fully saturated rings. The number of amides is 1. The van der Waals surface area contributed by atoms with Crippen LogP contribution in [0.25, 0.3) is 0 Å². The predicted molar refractivity (Wildman–Crippen MR) is 97.5 cm³/mol. The summed E-state index contributed by atoms with van der Waals surface area (Å²) in [6, 6.07) is 4.63. The first-order valence-electron chi connectivity index (χ1n) is 8.34. The Morgan fingerprint density at radius 3 is 2.08 bits per heavy atom. The molecule has 0 bridgehead atoms. The van der Waals surface area contributed by atoms with Crippen LogP contribution >= 0.6 is 23.2 Å². The van der Waals surface area contributed by atoms with Gasteiger partial charge in [0.2, 0.25) is 15.9 Å². The number of hydrogen-bond donors (Lipinski definition) is 0. The molecule has 2 aliphatic heterocycles. The summed E-state index contributed by atoms with van der Waals surface area (Å²) in [5.41, 5.74) is 0. The second-order valence-electron chi connectivity index (χ2n) is 6.32. The molecular weight excluding hydrogens is 385 g/mol. The average Bonchev–Trinajstić information content (AvgIpc) is 3.07. The van der Waals surface area contributed by atoms with Gasteiger partial charge >= 0.3 is 0 Å². The lowest BCUT2D eigenvalue weighted by Gasteiger charge is -2.35. The van der Waals surface area contributed by atoms with Crippen LogP contribution in [-0.4, -0.2) is 74.2 Å². The molecule has 1 aromatic carbocycles. The summed E-state index contributed by atoms with van der Waals surface area (Å²) in [5.74, 6) is 0.0646. The highest BCUT2D eigenvalue weighted by Gasteiger charge is 2.33. The fourth-order valence-electron chi connectivity index (χ4n) is 3.27. The van der Waals surface area contributed by atoms with Gasteiger partial charge in [-0.3, -0.25) is 9.69 Å². The lowest BCUT2D eigenvalue weighted by molar-refractivity contribution is -0.133. The van der Waals surface area contributed by atoms with Crippen molar-refractivity contribution in [2.45, 2.75) is 17.7 Å². The molecule has 2 saturated heterocycles. The number of rotatable bonds is 4. The molecule has 0 N–H and O–H groups in total. The zero-order chi connectivity index (χ0) is 18.0. The Morgan fingerprint density at radius 1 is 0.960 bits per heavy atom. The van der Waals surface area contributed by atoms with E-state index < -0.39 is 10.0 Å². The van der Waals surface area contributed by atoms with Crippen molar-refractivity contribution in [3.63, 3.8) is 0 Å². The van der Waals surface area contributed by atoms with E-state index in [4.69, 9.17) is 23.2 Å². The number of hydrogen-bond acceptors (Lipinski definition) is 4. The molecule has 0 saturated carbocycles. The van der Waals surface area contributed by atoms with Gasteiger partial charge in [0, 0.05) is 26.2 Å². The Balaban J connectivity index is 1.64. The quantitative estimate of drug-likeness (QED) is 0.767. The largest absolute Gasteiger partial charge is 0.339 e. The lowest BCUT2D eigenvalue weighted by Crippen LogP contribution is -2.52. The van der Waals surface area contributed by atoms with Gasteiger partial charge in [0.15, 0.2) is 0 Å². The molecule has 0 radical (unpaired) electrons. The number of piperazine rings is 1. The minimum atomic E-state index is -3.77. The highest BCUT2D eigenvalue weighted by atomic mass is 35.5. The van der Waals surface area contributed by atoms with Crippen LogP contribution in [0, 0.1) is 0 Å². The molecule has 0 atom stereocenters. The molecule has 9 heteroatoms. The number of carbonyl (C=O) groups is 1. The van der Waals surface area contributed by atoms with E-state index in [0.29, 0.717) is 19.6 Å². The summed E-state index contributed by atoms with van der Waals surface area (Å²) in [7, 11) is -3.77. The number of carbonyl (C=O) groups excluding carboxylic acids is 1. The molecule has 25 heavy (non-hydrogen) atoms. The highest BCUT2D eigenvalue weighted by molar-refractivity contribution is 7.89. The second-order valence-corrected chi connectivity index (χ2v) is 9.01. The topological polar surface area (TPSA) is 60.9 Å². The molecule has 138 valence electrons. The molecule has 6 nitrogen and oxygen atoms in total. The zero-order valence-electron chi connectivity index (χ0n) is 13.8.